The lowest BCUT2D eigenvalue weighted by Crippen LogP contribution is -2.21. The highest BCUT2D eigenvalue weighted by Gasteiger charge is 2.26. The maximum atomic E-state index is 5.79. The van der Waals surface area contributed by atoms with Crippen LogP contribution >= 0.6 is 0 Å². The van der Waals surface area contributed by atoms with Gasteiger partial charge in [0.1, 0.15) is 6.10 Å². The molecule has 1 heterocycles. The van der Waals surface area contributed by atoms with Crippen LogP contribution in [0.3, 0.4) is 0 Å². The Hall–Kier alpha value is -1.00. The van der Waals surface area contributed by atoms with E-state index in [0.29, 0.717) is 5.92 Å². The molecule has 2 atom stereocenters. The van der Waals surface area contributed by atoms with Crippen molar-refractivity contribution in [1.29, 1.82) is 0 Å². The maximum absolute atomic E-state index is 5.79. The summed E-state index contributed by atoms with van der Waals surface area (Å²) in [6, 6.07) is 0.144. The summed E-state index contributed by atoms with van der Waals surface area (Å²) in [5.74, 6) is 1.39. The summed E-state index contributed by atoms with van der Waals surface area (Å²) in [6.07, 6.45) is 11.0. The van der Waals surface area contributed by atoms with Crippen molar-refractivity contribution in [3.05, 3.63) is 23.8 Å². The zero-order chi connectivity index (χ0) is 13.7. The second kappa shape index (κ2) is 6.96. The molecule has 1 aliphatic carbocycles. The Morgan fingerprint density at radius 3 is 2.42 bits per heavy atom. The van der Waals surface area contributed by atoms with Crippen molar-refractivity contribution in [3.8, 4) is 0 Å². The molecular weight excluding hydrogens is 238 g/mol. The van der Waals surface area contributed by atoms with Crippen LogP contribution in [-0.2, 0) is 11.2 Å². The lowest BCUT2D eigenvalue weighted by molar-refractivity contribution is 0.0288. The summed E-state index contributed by atoms with van der Waals surface area (Å²) >= 11 is 0. The lowest BCUT2D eigenvalue weighted by atomic mass is 9.85. The Balaban J connectivity index is 2.05. The monoisotopic (exact) mass is 263 g/mol. The van der Waals surface area contributed by atoms with Crippen LogP contribution < -0.4 is 5.73 Å². The number of ether oxygens (including phenoxy) is 1. The van der Waals surface area contributed by atoms with Gasteiger partial charge in [0.2, 0.25) is 0 Å². The number of hydrogen-bond acceptors (Lipinski definition) is 4. The average Bonchev–Trinajstić information content (AvgIpc) is 2.42. The largest absolute Gasteiger partial charge is 0.373 e. The second-order valence-electron chi connectivity index (χ2n) is 5.69. The van der Waals surface area contributed by atoms with E-state index >= 15 is 0 Å². The smallest absolute Gasteiger partial charge is 0.157 e. The van der Waals surface area contributed by atoms with Gasteiger partial charge in [0.25, 0.3) is 0 Å². The minimum absolute atomic E-state index is 0.0460. The van der Waals surface area contributed by atoms with Gasteiger partial charge in [-0.3, -0.25) is 0 Å². The van der Waals surface area contributed by atoms with E-state index in [1.807, 2.05) is 19.3 Å². The molecule has 1 aliphatic rings. The summed E-state index contributed by atoms with van der Waals surface area (Å²) < 4.78 is 5.65. The summed E-state index contributed by atoms with van der Waals surface area (Å²) in [5, 5.41) is 0. The molecule has 0 amide bonds. The maximum Gasteiger partial charge on any atom is 0.157 e. The first kappa shape index (κ1) is 14.4. The van der Waals surface area contributed by atoms with Crippen LogP contribution in [0.2, 0.25) is 0 Å². The van der Waals surface area contributed by atoms with Crippen LogP contribution in [0.25, 0.3) is 0 Å². The third kappa shape index (κ3) is 3.98. The summed E-state index contributed by atoms with van der Waals surface area (Å²) in [4.78, 5) is 8.97. The Morgan fingerprint density at radius 2 is 1.89 bits per heavy atom. The van der Waals surface area contributed by atoms with Gasteiger partial charge >= 0.3 is 0 Å². The number of nitrogens with two attached hydrogens (primary N) is 1. The first-order chi connectivity index (χ1) is 9.20. The Labute approximate surface area is 115 Å². The predicted octanol–water partition coefficient (Wildman–Crippen LogP) is 2.63. The number of aromatic nitrogens is 2. The summed E-state index contributed by atoms with van der Waals surface area (Å²) in [6.45, 7) is 1.99. The molecule has 0 spiro atoms. The van der Waals surface area contributed by atoms with E-state index in [1.54, 1.807) is 7.11 Å². The molecule has 1 saturated carbocycles. The molecule has 4 heteroatoms. The Morgan fingerprint density at radius 1 is 1.26 bits per heavy atom. The van der Waals surface area contributed by atoms with E-state index in [9.17, 15) is 0 Å². The van der Waals surface area contributed by atoms with Gasteiger partial charge in [0.15, 0.2) is 5.82 Å². The zero-order valence-corrected chi connectivity index (χ0v) is 12.0. The van der Waals surface area contributed by atoms with Crippen LogP contribution in [-0.4, -0.2) is 23.1 Å². The standard InChI is InChI=1S/C15H25N3O/c1-11(16)8-12-9-17-15(18-10-12)14(19-2)13-6-4-3-5-7-13/h9-11,13-14H,3-8,16H2,1-2H3. The molecule has 0 radical (unpaired) electrons. The predicted molar refractivity (Wildman–Crippen MR) is 75.7 cm³/mol. The van der Waals surface area contributed by atoms with E-state index in [0.717, 1.165) is 17.8 Å². The van der Waals surface area contributed by atoms with Crippen molar-refractivity contribution in [2.75, 3.05) is 7.11 Å². The fourth-order valence-corrected chi connectivity index (χ4v) is 2.93. The van der Waals surface area contributed by atoms with Gasteiger partial charge in [-0.15, -0.1) is 0 Å². The topological polar surface area (TPSA) is 61.0 Å². The third-order valence-electron chi connectivity index (χ3n) is 3.87. The third-order valence-corrected chi connectivity index (χ3v) is 3.87. The molecule has 0 aromatic carbocycles. The molecule has 0 aliphatic heterocycles. The lowest BCUT2D eigenvalue weighted by Gasteiger charge is -2.28. The van der Waals surface area contributed by atoms with Crippen molar-refractivity contribution in [1.82, 2.24) is 9.97 Å². The molecule has 106 valence electrons. The zero-order valence-electron chi connectivity index (χ0n) is 12.0. The molecule has 2 unspecified atom stereocenters. The molecular formula is C15H25N3O. The highest BCUT2D eigenvalue weighted by Crippen LogP contribution is 2.34. The summed E-state index contributed by atoms with van der Waals surface area (Å²) in [5.41, 5.74) is 6.88. The first-order valence-electron chi connectivity index (χ1n) is 7.30. The van der Waals surface area contributed by atoms with Crippen LogP contribution in [0.15, 0.2) is 12.4 Å². The van der Waals surface area contributed by atoms with Crippen LogP contribution in [0.1, 0.15) is 56.5 Å². The normalized spacial score (nSPS) is 20.2. The number of hydrogen-bond donors (Lipinski definition) is 1. The fraction of sp³-hybridized carbons (Fsp3) is 0.733. The Bertz CT molecular complexity index is 371. The second-order valence-corrected chi connectivity index (χ2v) is 5.69. The SMILES string of the molecule is COC(c1ncc(CC(C)N)cn1)C1CCCCC1. The molecule has 0 saturated heterocycles. The van der Waals surface area contributed by atoms with Gasteiger partial charge in [0, 0.05) is 25.5 Å². The molecule has 4 nitrogen and oxygen atoms in total. The first-order valence-corrected chi connectivity index (χ1v) is 7.30. The molecule has 0 bridgehead atoms. The van der Waals surface area contributed by atoms with Gasteiger partial charge in [-0.25, -0.2) is 9.97 Å². The van der Waals surface area contributed by atoms with Gasteiger partial charge in [-0.1, -0.05) is 19.3 Å². The van der Waals surface area contributed by atoms with Crippen LogP contribution in [0, 0.1) is 5.92 Å². The van der Waals surface area contributed by atoms with Gasteiger partial charge < -0.3 is 10.5 Å². The van der Waals surface area contributed by atoms with Crippen LogP contribution in [0.4, 0.5) is 0 Å². The number of methoxy groups -OCH3 is 1. The quantitative estimate of drug-likeness (QED) is 0.887. The van der Waals surface area contributed by atoms with Crippen LogP contribution in [0.5, 0.6) is 0 Å². The van der Waals surface area contributed by atoms with Crippen molar-refractivity contribution >= 4 is 0 Å². The van der Waals surface area contributed by atoms with E-state index < -0.39 is 0 Å². The highest BCUT2D eigenvalue weighted by atomic mass is 16.5. The van der Waals surface area contributed by atoms with Gasteiger partial charge in [-0.05, 0) is 37.7 Å². The number of rotatable bonds is 5. The minimum Gasteiger partial charge on any atom is -0.373 e. The molecule has 1 fully saturated rings. The van der Waals surface area contributed by atoms with Crippen molar-refractivity contribution in [2.24, 2.45) is 11.7 Å². The van der Waals surface area contributed by atoms with Crippen molar-refractivity contribution in [2.45, 2.75) is 57.6 Å². The average molecular weight is 263 g/mol. The highest BCUT2D eigenvalue weighted by molar-refractivity contribution is 5.08. The van der Waals surface area contributed by atoms with Gasteiger partial charge in [-0.2, -0.15) is 0 Å². The molecule has 2 N–H and O–H groups in total. The van der Waals surface area contributed by atoms with E-state index in [2.05, 4.69) is 9.97 Å². The minimum atomic E-state index is 0.0460. The van der Waals surface area contributed by atoms with Crippen molar-refractivity contribution < 1.29 is 4.74 Å². The van der Waals surface area contributed by atoms with Gasteiger partial charge in [0.05, 0.1) is 0 Å². The van der Waals surface area contributed by atoms with E-state index in [4.69, 9.17) is 10.5 Å². The molecule has 1 aromatic rings. The molecule has 19 heavy (non-hydrogen) atoms. The van der Waals surface area contributed by atoms with Crippen molar-refractivity contribution in [3.63, 3.8) is 0 Å². The fourth-order valence-electron chi connectivity index (χ4n) is 2.93. The van der Waals surface area contributed by atoms with E-state index in [1.165, 1.54) is 32.1 Å². The van der Waals surface area contributed by atoms with E-state index in [-0.39, 0.29) is 12.1 Å². The summed E-state index contributed by atoms with van der Waals surface area (Å²) in [7, 11) is 1.76. The Kier molecular flexibility index (Phi) is 5.28. The molecule has 2 rings (SSSR count). The number of nitrogens with zero attached hydrogens (tertiary/aromatic N) is 2. The molecule has 1 aromatic heterocycles.